The topological polar surface area (TPSA) is 299 Å². The van der Waals surface area contributed by atoms with Crippen LogP contribution in [0.2, 0.25) is 0 Å². The number of nitrogens with two attached hydrogens (primary N) is 1. The molecule has 0 aromatic carbocycles. The van der Waals surface area contributed by atoms with Crippen molar-refractivity contribution in [1.82, 2.24) is 31.2 Å². The number of ketones is 1. The molecule has 1 aliphatic heterocycles. The van der Waals surface area contributed by atoms with Crippen LogP contribution < -0.4 is 32.6 Å². The molecule has 20 nitrogen and oxygen atoms in total. The number of hydrogen-bond donors (Lipinski definition) is 6. The van der Waals surface area contributed by atoms with Gasteiger partial charge in [0.25, 0.3) is 5.91 Å². The highest BCUT2D eigenvalue weighted by Gasteiger charge is 2.46. The number of H-pyrrole nitrogens is 1. The molecule has 20 heteroatoms. The van der Waals surface area contributed by atoms with E-state index in [-0.39, 0.29) is 30.7 Å². The third-order valence-electron chi connectivity index (χ3n) is 9.66. The van der Waals surface area contributed by atoms with Crippen LogP contribution in [0.3, 0.4) is 0 Å². The van der Waals surface area contributed by atoms with Crippen molar-refractivity contribution in [3.63, 3.8) is 0 Å². The normalized spacial score (nSPS) is 18.3. The van der Waals surface area contributed by atoms with Gasteiger partial charge in [0.05, 0.1) is 24.1 Å². The number of carbonyl (C=O) groups excluding carboxylic acids is 8. The molecule has 2 heterocycles. The zero-order valence-corrected chi connectivity index (χ0v) is 32.0. The molecule has 7 N–H and O–H groups in total. The lowest BCUT2D eigenvalue weighted by atomic mass is 9.83. The number of amides is 6. The summed E-state index contributed by atoms with van der Waals surface area (Å²) in [6.07, 6.45) is 6.71. The van der Waals surface area contributed by atoms with Gasteiger partial charge in [-0.2, -0.15) is 0 Å². The van der Waals surface area contributed by atoms with Gasteiger partial charge >= 0.3 is 17.2 Å². The maximum Gasteiger partial charge on any atom is 0.334 e. The Labute approximate surface area is 322 Å². The standard InChI is InChI=1S/C36H50N8O12/c1-19(29(37)47)39-34(52)27(20-11-7-6-8-12-20)41-33(51)24-16-22(45)18-43(24)35(53)28(36(2,3)4)42-31(49)23(13-9-10-14-26(46)56-5)40-30(48)21-15-25(44(54)55)32(50)38-17-21/h10,14-15,17,19-20,23-24,27-28H,6-9,11-13,16,18H2,1-5H3,(H2,37,47)(H,38,50)(H,39,52)(H,40,48)(H,41,51)(H,42,49)/b14-10+/t19-,23-,24-,27-,28+/m0/s1. The van der Waals surface area contributed by atoms with Gasteiger partial charge in [-0.3, -0.25) is 48.5 Å². The molecule has 6 amide bonds. The Balaban J connectivity index is 1.89. The second-order valence-corrected chi connectivity index (χ2v) is 14.9. The van der Waals surface area contributed by atoms with Crippen molar-refractivity contribution in [3.05, 3.63) is 50.4 Å². The smallest absolute Gasteiger partial charge is 0.334 e. The van der Waals surface area contributed by atoms with Crippen LogP contribution in [0.15, 0.2) is 29.2 Å². The Hall–Kier alpha value is -5.95. The summed E-state index contributed by atoms with van der Waals surface area (Å²) in [5.41, 5.74) is 1.97. The van der Waals surface area contributed by atoms with Crippen LogP contribution in [0.25, 0.3) is 0 Å². The van der Waals surface area contributed by atoms with Crippen molar-refractivity contribution in [2.24, 2.45) is 17.1 Å². The lowest BCUT2D eigenvalue weighted by molar-refractivity contribution is -0.386. The van der Waals surface area contributed by atoms with E-state index in [1.807, 2.05) is 0 Å². The van der Waals surface area contributed by atoms with Gasteiger partial charge in [-0.05, 0) is 43.9 Å². The maximum absolute atomic E-state index is 14.3. The summed E-state index contributed by atoms with van der Waals surface area (Å²) in [7, 11) is 1.16. The minimum absolute atomic E-state index is 0.0319. The molecule has 1 saturated carbocycles. The van der Waals surface area contributed by atoms with E-state index in [1.165, 1.54) is 13.0 Å². The zero-order valence-electron chi connectivity index (χ0n) is 32.0. The number of nitrogens with zero attached hydrogens (tertiary/aromatic N) is 2. The summed E-state index contributed by atoms with van der Waals surface area (Å²) >= 11 is 0. The fourth-order valence-corrected chi connectivity index (χ4v) is 6.46. The molecule has 2 fully saturated rings. The third kappa shape index (κ3) is 12.0. The zero-order chi connectivity index (χ0) is 41.9. The third-order valence-corrected chi connectivity index (χ3v) is 9.66. The number of carbonyl (C=O) groups is 8. The first-order valence-electron chi connectivity index (χ1n) is 18.2. The molecule has 0 radical (unpaired) electrons. The van der Waals surface area contributed by atoms with Crippen molar-refractivity contribution in [2.75, 3.05) is 13.7 Å². The number of pyridine rings is 1. The number of allylic oxidation sites excluding steroid dienone is 1. The minimum atomic E-state index is -1.41. The minimum Gasteiger partial charge on any atom is -0.466 e. The van der Waals surface area contributed by atoms with Gasteiger partial charge in [0.2, 0.25) is 29.5 Å². The van der Waals surface area contributed by atoms with Crippen LogP contribution in [0.4, 0.5) is 5.69 Å². The molecule has 1 aliphatic carbocycles. The molecular weight excluding hydrogens is 736 g/mol. The Morgan fingerprint density at radius 1 is 1.04 bits per heavy atom. The van der Waals surface area contributed by atoms with Crippen molar-refractivity contribution in [2.45, 2.75) is 109 Å². The molecule has 1 saturated heterocycles. The summed E-state index contributed by atoms with van der Waals surface area (Å²) in [6, 6.07) is -5.52. The highest BCUT2D eigenvalue weighted by molar-refractivity contribution is 6.03. The highest BCUT2D eigenvalue weighted by Crippen LogP contribution is 2.29. The Morgan fingerprint density at radius 3 is 2.29 bits per heavy atom. The van der Waals surface area contributed by atoms with Gasteiger partial charge in [0.15, 0.2) is 5.78 Å². The number of Topliss-reactive ketones (excluding diaryl/α,β-unsaturated/α-hetero) is 1. The molecule has 1 aromatic rings. The van der Waals surface area contributed by atoms with E-state index in [1.54, 1.807) is 20.8 Å². The van der Waals surface area contributed by atoms with E-state index in [9.17, 15) is 53.3 Å². The van der Waals surface area contributed by atoms with Gasteiger partial charge < -0.3 is 41.6 Å². The Bertz CT molecular complexity index is 1800. The number of hydrogen-bond acceptors (Lipinski definition) is 12. The monoisotopic (exact) mass is 786 g/mol. The van der Waals surface area contributed by atoms with Crippen molar-refractivity contribution in [1.29, 1.82) is 0 Å². The van der Waals surface area contributed by atoms with E-state index in [2.05, 4.69) is 31.0 Å². The average Bonchev–Trinajstić information content (AvgIpc) is 3.54. The molecular formula is C36H50N8O12. The summed E-state index contributed by atoms with van der Waals surface area (Å²) < 4.78 is 4.56. The van der Waals surface area contributed by atoms with E-state index >= 15 is 0 Å². The number of nitro groups is 1. The van der Waals surface area contributed by atoms with Gasteiger partial charge in [0, 0.05) is 24.8 Å². The predicted octanol–water partition coefficient (Wildman–Crippen LogP) is -0.353. The second kappa shape index (κ2) is 19.6. The molecule has 0 unspecified atom stereocenters. The van der Waals surface area contributed by atoms with Gasteiger partial charge in [-0.15, -0.1) is 0 Å². The number of likely N-dealkylation sites (tertiary alicyclic amines) is 1. The van der Waals surface area contributed by atoms with E-state index in [0.29, 0.717) is 12.8 Å². The van der Waals surface area contributed by atoms with Crippen molar-refractivity contribution >= 4 is 52.9 Å². The van der Waals surface area contributed by atoms with Crippen LogP contribution in [0, 0.1) is 21.4 Å². The number of primary amides is 1. The van der Waals surface area contributed by atoms with Crippen LogP contribution in [0.1, 0.15) is 89.4 Å². The molecule has 0 bridgehead atoms. The lowest BCUT2D eigenvalue weighted by Gasteiger charge is -2.36. The van der Waals surface area contributed by atoms with Gasteiger partial charge in [-0.1, -0.05) is 46.1 Å². The fourth-order valence-electron chi connectivity index (χ4n) is 6.46. The molecule has 56 heavy (non-hydrogen) atoms. The fraction of sp³-hybridized carbons (Fsp3) is 0.583. The molecule has 306 valence electrons. The first kappa shape index (κ1) is 44.4. The predicted molar refractivity (Wildman–Crippen MR) is 197 cm³/mol. The lowest BCUT2D eigenvalue weighted by Crippen LogP contribution is -2.61. The Kier molecular flexibility index (Phi) is 15.5. The molecule has 0 spiro atoms. The van der Waals surface area contributed by atoms with Crippen molar-refractivity contribution < 1.29 is 48.0 Å². The molecule has 3 rings (SSSR count). The molecule has 5 atom stereocenters. The summed E-state index contributed by atoms with van der Waals surface area (Å²) in [4.78, 5) is 130. The number of aromatic amines is 1. The molecule has 1 aromatic heterocycles. The van der Waals surface area contributed by atoms with Gasteiger partial charge in [-0.25, -0.2) is 4.79 Å². The maximum atomic E-state index is 14.3. The highest BCUT2D eigenvalue weighted by atomic mass is 16.6. The van der Waals surface area contributed by atoms with E-state index in [4.69, 9.17) is 5.73 Å². The van der Waals surface area contributed by atoms with Crippen LogP contribution in [-0.4, -0.2) is 106 Å². The number of rotatable bonds is 16. The number of nitrogens with one attached hydrogen (secondary N) is 5. The first-order valence-corrected chi connectivity index (χ1v) is 18.2. The largest absolute Gasteiger partial charge is 0.466 e. The van der Waals surface area contributed by atoms with Crippen molar-refractivity contribution in [3.8, 4) is 0 Å². The van der Waals surface area contributed by atoms with Crippen LogP contribution in [-0.2, 0) is 38.3 Å². The number of esters is 1. The van der Waals surface area contributed by atoms with Crippen LogP contribution >= 0.6 is 0 Å². The first-order chi connectivity index (χ1) is 26.2. The SMILES string of the molecule is COC(=O)/C=C/CC[C@H](NC(=O)c1c[nH]c(=O)c([N+](=O)[O-])c1)C(=O)N[C@H](C(=O)N1CC(=O)C[C@H]1C(=O)N[C@H](C(=O)N[C@@H](C)C(N)=O)C1CCCCC1)C(C)(C)C. The quantitative estimate of drug-likeness (QED) is 0.0542. The summed E-state index contributed by atoms with van der Waals surface area (Å²) in [5, 5.41) is 21.6. The van der Waals surface area contributed by atoms with Gasteiger partial charge in [0.1, 0.15) is 30.2 Å². The average molecular weight is 787 g/mol. The summed E-state index contributed by atoms with van der Waals surface area (Å²) in [5.74, 6) is -6.28. The number of ether oxygens (including phenoxy) is 1. The van der Waals surface area contributed by atoms with Crippen LogP contribution in [0.5, 0.6) is 0 Å². The Morgan fingerprint density at radius 2 is 1.70 bits per heavy atom. The number of methoxy groups -OCH3 is 1. The van der Waals surface area contributed by atoms with E-state index in [0.717, 1.165) is 49.6 Å². The summed E-state index contributed by atoms with van der Waals surface area (Å²) in [6.45, 7) is 5.80. The molecule has 2 aliphatic rings. The van der Waals surface area contributed by atoms with E-state index < -0.39 is 106 Å². The number of aromatic nitrogens is 1. The second-order valence-electron chi connectivity index (χ2n) is 14.9.